The highest BCUT2D eigenvalue weighted by atomic mass is 35.5. The second-order valence-electron chi connectivity index (χ2n) is 4.99. The number of halogens is 1. The van der Waals surface area contributed by atoms with Gasteiger partial charge in [0.2, 0.25) is 0 Å². The summed E-state index contributed by atoms with van der Waals surface area (Å²) in [6.45, 7) is 6.23. The molecule has 94 valence electrons. The Morgan fingerprint density at radius 1 is 1.41 bits per heavy atom. The minimum atomic E-state index is 0.494. The number of benzene rings is 1. The first kappa shape index (κ1) is 12.9. The van der Waals surface area contributed by atoms with Crippen molar-refractivity contribution in [3.63, 3.8) is 0 Å². The molecular formula is C14H21ClN2. The Morgan fingerprint density at radius 2 is 2.18 bits per heavy atom. The summed E-state index contributed by atoms with van der Waals surface area (Å²) in [7, 11) is 0. The fourth-order valence-electron chi connectivity index (χ4n) is 1.83. The molecule has 1 fully saturated rings. The van der Waals surface area contributed by atoms with E-state index in [1.807, 2.05) is 12.1 Å². The molecule has 2 N–H and O–H groups in total. The topological polar surface area (TPSA) is 24.1 Å². The Morgan fingerprint density at radius 3 is 2.88 bits per heavy atom. The molecule has 3 heteroatoms. The maximum absolute atomic E-state index is 6.10. The van der Waals surface area contributed by atoms with Crippen LogP contribution < -0.4 is 10.6 Å². The first-order valence-corrected chi connectivity index (χ1v) is 6.75. The van der Waals surface area contributed by atoms with E-state index in [0.29, 0.717) is 6.04 Å². The third-order valence-electron chi connectivity index (χ3n) is 3.31. The summed E-state index contributed by atoms with van der Waals surface area (Å²) in [5.41, 5.74) is 2.47. The molecule has 17 heavy (non-hydrogen) atoms. The van der Waals surface area contributed by atoms with E-state index in [4.69, 9.17) is 11.6 Å². The zero-order valence-corrected chi connectivity index (χ0v) is 11.3. The molecule has 2 nitrogen and oxygen atoms in total. The third-order valence-corrected chi connectivity index (χ3v) is 3.72. The molecule has 2 rings (SSSR count). The van der Waals surface area contributed by atoms with Gasteiger partial charge >= 0.3 is 0 Å². The molecule has 0 saturated heterocycles. The van der Waals surface area contributed by atoms with Crippen LogP contribution in [-0.4, -0.2) is 18.6 Å². The van der Waals surface area contributed by atoms with Crippen LogP contribution in [-0.2, 0) is 6.54 Å². The van der Waals surface area contributed by atoms with Gasteiger partial charge in [0.25, 0.3) is 0 Å². The molecule has 1 atom stereocenters. The fourth-order valence-corrected chi connectivity index (χ4v) is 2.03. The number of nitrogens with one attached hydrogen (secondary N) is 2. The van der Waals surface area contributed by atoms with Gasteiger partial charge < -0.3 is 10.6 Å². The molecule has 0 aromatic heterocycles. The van der Waals surface area contributed by atoms with Crippen molar-refractivity contribution >= 4 is 11.6 Å². The second-order valence-corrected chi connectivity index (χ2v) is 5.40. The monoisotopic (exact) mass is 252 g/mol. The van der Waals surface area contributed by atoms with Crippen LogP contribution in [0.2, 0.25) is 5.02 Å². The summed E-state index contributed by atoms with van der Waals surface area (Å²) in [4.78, 5) is 0. The highest BCUT2D eigenvalue weighted by Gasteiger charge is 2.20. The lowest BCUT2D eigenvalue weighted by atomic mass is 10.1. The lowest BCUT2D eigenvalue weighted by molar-refractivity contribution is 0.499. The zero-order chi connectivity index (χ0) is 12.3. The van der Waals surface area contributed by atoms with Crippen LogP contribution in [0.1, 0.15) is 30.9 Å². The highest BCUT2D eigenvalue weighted by molar-refractivity contribution is 6.31. The van der Waals surface area contributed by atoms with E-state index < -0.39 is 0 Å². The van der Waals surface area contributed by atoms with Crippen LogP contribution in [0.15, 0.2) is 18.2 Å². The molecule has 0 heterocycles. The smallest absolute Gasteiger partial charge is 0.0438 e. The normalized spacial score (nSPS) is 17.1. The van der Waals surface area contributed by atoms with Gasteiger partial charge in [0.1, 0.15) is 0 Å². The van der Waals surface area contributed by atoms with Crippen LogP contribution in [0.3, 0.4) is 0 Å². The maximum Gasteiger partial charge on any atom is 0.0438 e. The molecule has 1 aliphatic carbocycles. The van der Waals surface area contributed by atoms with Crippen molar-refractivity contribution in [2.75, 3.05) is 6.54 Å². The summed E-state index contributed by atoms with van der Waals surface area (Å²) in [5, 5.41) is 7.91. The summed E-state index contributed by atoms with van der Waals surface area (Å²) in [6, 6.07) is 7.37. The van der Waals surface area contributed by atoms with Gasteiger partial charge in [-0.05, 0) is 43.9 Å². The summed E-state index contributed by atoms with van der Waals surface area (Å²) < 4.78 is 0. The molecule has 0 aliphatic heterocycles. The van der Waals surface area contributed by atoms with Gasteiger partial charge in [-0.3, -0.25) is 0 Å². The minimum absolute atomic E-state index is 0.494. The largest absolute Gasteiger partial charge is 0.312 e. The summed E-state index contributed by atoms with van der Waals surface area (Å²) >= 11 is 6.10. The molecule has 0 spiro atoms. The van der Waals surface area contributed by atoms with Crippen LogP contribution in [0.25, 0.3) is 0 Å². The summed E-state index contributed by atoms with van der Waals surface area (Å²) in [5.74, 6) is 0. The average molecular weight is 253 g/mol. The highest BCUT2D eigenvalue weighted by Crippen LogP contribution is 2.19. The quantitative estimate of drug-likeness (QED) is 0.814. The van der Waals surface area contributed by atoms with Crippen molar-refractivity contribution in [1.29, 1.82) is 0 Å². The predicted octanol–water partition coefficient (Wildman–Crippen LogP) is 2.88. The summed E-state index contributed by atoms with van der Waals surface area (Å²) in [6.07, 6.45) is 2.69. The van der Waals surface area contributed by atoms with E-state index in [2.05, 4.69) is 30.5 Å². The van der Waals surface area contributed by atoms with Crippen molar-refractivity contribution < 1.29 is 0 Å². The molecule has 1 aliphatic rings. The molecule has 1 aromatic rings. The molecule has 0 amide bonds. The van der Waals surface area contributed by atoms with Crippen molar-refractivity contribution in [2.45, 2.75) is 45.3 Å². The van der Waals surface area contributed by atoms with E-state index in [0.717, 1.165) is 24.2 Å². The van der Waals surface area contributed by atoms with E-state index in [1.165, 1.54) is 24.0 Å². The minimum Gasteiger partial charge on any atom is -0.312 e. The molecular weight excluding hydrogens is 232 g/mol. The van der Waals surface area contributed by atoms with Gasteiger partial charge in [0.05, 0.1) is 0 Å². The average Bonchev–Trinajstić information content (AvgIpc) is 3.12. The van der Waals surface area contributed by atoms with Gasteiger partial charge in [0, 0.05) is 30.2 Å². The van der Waals surface area contributed by atoms with E-state index in [1.54, 1.807) is 0 Å². The van der Waals surface area contributed by atoms with Crippen molar-refractivity contribution in [2.24, 2.45) is 0 Å². The molecule has 1 saturated carbocycles. The Labute approximate surface area is 109 Å². The Hall–Kier alpha value is -0.570. The number of hydrogen-bond acceptors (Lipinski definition) is 2. The van der Waals surface area contributed by atoms with E-state index in [-0.39, 0.29) is 0 Å². The lowest BCUT2D eigenvalue weighted by Crippen LogP contribution is -2.36. The Balaban J connectivity index is 1.77. The van der Waals surface area contributed by atoms with Gasteiger partial charge in [-0.15, -0.1) is 0 Å². The molecule has 0 bridgehead atoms. The first-order chi connectivity index (χ1) is 8.16. The zero-order valence-electron chi connectivity index (χ0n) is 10.6. The van der Waals surface area contributed by atoms with Gasteiger partial charge in [-0.2, -0.15) is 0 Å². The van der Waals surface area contributed by atoms with Gasteiger partial charge in [-0.25, -0.2) is 0 Å². The van der Waals surface area contributed by atoms with Crippen molar-refractivity contribution in [3.8, 4) is 0 Å². The molecule has 1 unspecified atom stereocenters. The number of hydrogen-bond donors (Lipinski definition) is 2. The Kier molecular flexibility index (Phi) is 4.43. The molecule has 1 aromatic carbocycles. The van der Waals surface area contributed by atoms with Crippen molar-refractivity contribution in [3.05, 3.63) is 34.3 Å². The standard InChI is InChI=1S/C14H21ClN2/c1-10(8-17-13-6-7-13)16-9-12-4-3-5-14(15)11(12)2/h3-5,10,13,16-17H,6-9H2,1-2H3. The SMILES string of the molecule is Cc1c(Cl)cccc1CNC(C)CNC1CC1. The van der Waals surface area contributed by atoms with Crippen LogP contribution in [0.5, 0.6) is 0 Å². The Bertz CT molecular complexity index is 374. The number of rotatable bonds is 6. The lowest BCUT2D eigenvalue weighted by Gasteiger charge is -2.16. The van der Waals surface area contributed by atoms with Gasteiger partial charge in [-0.1, -0.05) is 23.7 Å². The van der Waals surface area contributed by atoms with Crippen LogP contribution in [0, 0.1) is 6.92 Å². The van der Waals surface area contributed by atoms with Crippen LogP contribution in [0.4, 0.5) is 0 Å². The van der Waals surface area contributed by atoms with E-state index in [9.17, 15) is 0 Å². The first-order valence-electron chi connectivity index (χ1n) is 6.37. The van der Waals surface area contributed by atoms with Crippen LogP contribution >= 0.6 is 11.6 Å². The van der Waals surface area contributed by atoms with Crippen molar-refractivity contribution in [1.82, 2.24) is 10.6 Å². The second kappa shape index (κ2) is 5.85. The van der Waals surface area contributed by atoms with Gasteiger partial charge in [0.15, 0.2) is 0 Å². The predicted molar refractivity (Wildman–Crippen MR) is 73.5 cm³/mol. The molecule has 0 radical (unpaired) electrons. The van der Waals surface area contributed by atoms with E-state index >= 15 is 0 Å². The fraction of sp³-hybridized carbons (Fsp3) is 0.571. The third kappa shape index (κ3) is 3.98. The maximum atomic E-state index is 6.10.